The number of thiocarbonyl (C=S) groups is 1. The first-order valence-electron chi connectivity index (χ1n) is 5.96. The Bertz CT molecular complexity index is 348. The van der Waals surface area contributed by atoms with E-state index in [-0.39, 0.29) is 5.41 Å². The molecule has 0 heterocycles. The van der Waals surface area contributed by atoms with Crippen LogP contribution in [0.25, 0.3) is 0 Å². The van der Waals surface area contributed by atoms with Crippen LogP contribution in [0.5, 0.6) is 0 Å². The van der Waals surface area contributed by atoms with Crippen LogP contribution < -0.4 is 10.7 Å². The van der Waals surface area contributed by atoms with Gasteiger partial charge in [0, 0.05) is 18.2 Å². The van der Waals surface area contributed by atoms with Gasteiger partial charge in [0.05, 0.1) is 0 Å². The standard InChI is InChI=1S/C12H21N3S/c1-11(2)8-5-6-12(11,3)9(7-8)14-15-10(16)13-4/h8H,5-7H2,1-4H3,(H2,13,15,16)/b14-9-/t8-,12+/m1/s1. The van der Waals surface area contributed by atoms with E-state index in [9.17, 15) is 0 Å². The molecule has 0 saturated heterocycles. The fraction of sp³-hybridized carbons (Fsp3) is 0.833. The van der Waals surface area contributed by atoms with E-state index in [0.717, 1.165) is 12.3 Å². The van der Waals surface area contributed by atoms with Crippen LogP contribution in [-0.4, -0.2) is 17.9 Å². The monoisotopic (exact) mass is 239 g/mol. The first-order chi connectivity index (χ1) is 7.41. The zero-order valence-electron chi connectivity index (χ0n) is 10.6. The summed E-state index contributed by atoms with van der Waals surface area (Å²) >= 11 is 5.04. The first kappa shape index (κ1) is 11.8. The summed E-state index contributed by atoms with van der Waals surface area (Å²) in [5.74, 6) is 0.793. The number of nitrogens with one attached hydrogen (secondary N) is 2. The topological polar surface area (TPSA) is 36.4 Å². The summed E-state index contributed by atoms with van der Waals surface area (Å²) in [5.41, 5.74) is 4.87. The van der Waals surface area contributed by atoms with Crippen LogP contribution in [0.3, 0.4) is 0 Å². The van der Waals surface area contributed by atoms with Crippen molar-refractivity contribution in [3.63, 3.8) is 0 Å². The smallest absolute Gasteiger partial charge is 0.186 e. The molecule has 0 spiro atoms. The van der Waals surface area contributed by atoms with Crippen molar-refractivity contribution < 1.29 is 0 Å². The van der Waals surface area contributed by atoms with Gasteiger partial charge in [0.2, 0.25) is 0 Å². The Morgan fingerprint density at radius 3 is 2.56 bits per heavy atom. The molecule has 2 aliphatic rings. The van der Waals surface area contributed by atoms with Crippen molar-refractivity contribution >= 4 is 23.0 Å². The second-order valence-electron chi connectivity index (χ2n) is 5.74. The lowest BCUT2D eigenvalue weighted by atomic mass is 9.70. The normalized spacial score (nSPS) is 37.8. The first-order valence-corrected chi connectivity index (χ1v) is 6.37. The van der Waals surface area contributed by atoms with Crippen LogP contribution in [-0.2, 0) is 0 Å². The molecule has 2 N–H and O–H groups in total. The van der Waals surface area contributed by atoms with Gasteiger partial charge in [-0.1, -0.05) is 20.8 Å². The minimum atomic E-state index is 0.258. The van der Waals surface area contributed by atoms with Gasteiger partial charge in [-0.25, -0.2) is 0 Å². The highest BCUT2D eigenvalue weighted by molar-refractivity contribution is 7.80. The molecule has 0 unspecified atom stereocenters. The third kappa shape index (κ3) is 1.46. The maximum Gasteiger partial charge on any atom is 0.186 e. The molecule has 2 fully saturated rings. The molecule has 0 amide bonds. The van der Waals surface area contributed by atoms with E-state index in [1.54, 1.807) is 0 Å². The number of rotatable bonds is 1. The summed E-state index contributed by atoms with van der Waals surface area (Å²) in [5, 5.41) is 7.98. The fourth-order valence-electron chi connectivity index (χ4n) is 3.27. The van der Waals surface area contributed by atoms with E-state index in [1.165, 1.54) is 18.6 Å². The van der Waals surface area contributed by atoms with E-state index in [0.29, 0.717) is 10.5 Å². The Kier molecular flexibility index (Phi) is 2.73. The zero-order valence-corrected chi connectivity index (χ0v) is 11.4. The van der Waals surface area contributed by atoms with Crippen LogP contribution in [0.2, 0.25) is 0 Å². The fourth-order valence-corrected chi connectivity index (χ4v) is 3.32. The van der Waals surface area contributed by atoms with Crippen molar-refractivity contribution in [2.75, 3.05) is 7.05 Å². The summed E-state index contributed by atoms with van der Waals surface area (Å²) in [6.07, 6.45) is 3.74. The molecule has 0 aliphatic heterocycles. The van der Waals surface area contributed by atoms with Gasteiger partial charge in [0.15, 0.2) is 5.11 Å². The molecule has 0 aromatic heterocycles. The van der Waals surface area contributed by atoms with Crippen molar-refractivity contribution in [1.82, 2.24) is 10.7 Å². The van der Waals surface area contributed by atoms with Gasteiger partial charge in [-0.05, 0) is 42.8 Å². The molecule has 3 nitrogen and oxygen atoms in total. The maximum atomic E-state index is 5.04. The Labute approximate surface area is 103 Å². The van der Waals surface area contributed by atoms with Crippen LogP contribution in [0.4, 0.5) is 0 Å². The Hall–Kier alpha value is -0.640. The highest BCUT2D eigenvalue weighted by Gasteiger charge is 2.59. The van der Waals surface area contributed by atoms with E-state index < -0.39 is 0 Å². The third-order valence-electron chi connectivity index (χ3n) is 5.03. The number of nitrogens with zero attached hydrogens (tertiary/aromatic N) is 1. The molecule has 0 aromatic carbocycles. The molecule has 16 heavy (non-hydrogen) atoms. The molecule has 4 heteroatoms. The van der Waals surface area contributed by atoms with Crippen molar-refractivity contribution in [3.05, 3.63) is 0 Å². The average Bonchev–Trinajstić information content (AvgIpc) is 2.58. The number of hydrogen-bond donors (Lipinski definition) is 2. The SMILES string of the molecule is CNC(=S)N/N=C1/C[C@H]2CC[C@]1(C)C2(C)C. The van der Waals surface area contributed by atoms with Crippen molar-refractivity contribution in [1.29, 1.82) is 0 Å². The molecule has 90 valence electrons. The molecule has 2 rings (SSSR count). The second-order valence-corrected chi connectivity index (χ2v) is 6.15. The molecule has 2 atom stereocenters. The summed E-state index contributed by atoms with van der Waals surface area (Å²) in [6.45, 7) is 7.11. The largest absolute Gasteiger partial charge is 0.364 e. The van der Waals surface area contributed by atoms with Crippen molar-refractivity contribution in [2.24, 2.45) is 21.8 Å². The van der Waals surface area contributed by atoms with Crippen molar-refractivity contribution in [3.8, 4) is 0 Å². The Balaban J connectivity index is 2.18. The molecule has 2 bridgehead atoms. The lowest BCUT2D eigenvalue weighted by Gasteiger charge is -2.34. The van der Waals surface area contributed by atoms with Gasteiger partial charge in [0.1, 0.15) is 0 Å². The van der Waals surface area contributed by atoms with E-state index in [2.05, 4.69) is 36.6 Å². The number of hydrazone groups is 1. The summed E-state index contributed by atoms with van der Waals surface area (Å²) in [6, 6.07) is 0. The van der Waals surface area contributed by atoms with Gasteiger partial charge < -0.3 is 5.32 Å². The Morgan fingerprint density at radius 2 is 2.12 bits per heavy atom. The lowest BCUT2D eigenvalue weighted by molar-refractivity contribution is 0.193. The molecule has 0 aromatic rings. The molecular formula is C12H21N3S. The predicted molar refractivity (Wildman–Crippen MR) is 71.5 cm³/mol. The van der Waals surface area contributed by atoms with E-state index in [1.807, 2.05) is 7.05 Å². The minimum Gasteiger partial charge on any atom is -0.364 e. The quantitative estimate of drug-likeness (QED) is 0.544. The van der Waals surface area contributed by atoms with E-state index >= 15 is 0 Å². The highest BCUT2D eigenvalue weighted by Crippen LogP contribution is 2.63. The van der Waals surface area contributed by atoms with Crippen LogP contribution >= 0.6 is 12.2 Å². The zero-order chi connectivity index (χ0) is 12.0. The molecule has 2 saturated carbocycles. The lowest BCUT2D eigenvalue weighted by Crippen LogP contribution is -2.35. The molecular weight excluding hydrogens is 218 g/mol. The molecule has 0 radical (unpaired) electrons. The second kappa shape index (κ2) is 3.69. The van der Waals surface area contributed by atoms with E-state index in [4.69, 9.17) is 12.2 Å². The highest BCUT2D eigenvalue weighted by atomic mass is 32.1. The van der Waals surface area contributed by atoms with Gasteiger partial charge in [-0.15, -0.1) is 0 Å². The van der Waals surface area contributed by atoms with Gasteiger partial charge in [0.25, 0.3) is 0 Å². The van der Waals surface area contributed by atoms with Gasteiger partial charge >= 0.3 is 0 Å². The van der Waals surface area contributed by atoms with Gasteiger partial charge in [-0.2, -0.15) is 5.10 Å². The van der Waals surface area contributed by atoms with Crippen LogP contribution in [0.15, 0.2) is 5.10 Å². The van der Waals surface area contributed by atoms with Crippen LogP contribution in [0, 0.1) is 16.7 Å². The third-order valence-corrected chi connectivity index (χ3v) is 5.33. The Morgan fingerprint density at radius 1 is 1.44 bits per heavy atom. The summed E-state index contributed by atoms with van der Waals surface area (Å²) in [4.78, 5) is 0. The van der Waals surface area contributed by atoms with Gasteiger partial charge in [-0.3, -0.25) is 5.43 Å². The average molecular weight is 239 g/mol. The number of fused-ring (bicyclic) bond motifs is 2. The minimum absolute atomic E-state index is 0.258. The summed E-state index contributed by atoms with van der Waals surface area (Å²) < 4.78 is 0. The van der Waals surface area contributed by atoms with Crippen molar-refractivity contribution in [2.45, 2.75) is 40.0 Å². The molecule has 2 aliphatic carbocycles. The number of hydrogen-bond acceptors (Lipinski definition) is 2. The van der Waals surface area contributed by atoms with Crippen LogP contribution in [0.1, 0.15) is 40.0 Å². The summed E-state index contributed by atoms with van der Waals surface area (Å²) in [7, 11) is 1.81. The predicted octanol–water partition coefficient (Wildman–Crippen LogP) is 2.28. The maximum absolute atomic E-state index is 5.04.